The first-order valence-electron chi connectivity index (χ1n) is 6.24. The minimum Gasteiger partial charge on any atom is -0.454 e. The summed E-state index contributed by atoms with van der Waals surface area (Å²) in [6.07, 6.45) is 0. The predicted molar refractivity (Wildman–Crippen MR) is 82.8 cm³/mol. The van der Waals surface area contributed by atoms with Crippen molar-refractivity contribution in [2.24, 2.45) is 0 Å². The van der Waals surface area contributed by atoms with E-state index in [1.807, 2.05) is 0 Å². The van der Waals surface area contributed by atoms with Crippen LogP contribution in [0.2, 0.25) is 0 Å². The summed E-state index contributed by atoms with van der Waals surface area (Å²) < 4.78 is 35.8. The zero-order valence-corrected chi connectivity index (χ0v) is 14.3. The van der Waals surface area contributed by atoms with E-state index in [9.17, 15) is 13.2 Å². The normalized spacial score (nSPS) is 11.6. The second kappa shape index (κ2) is 6.64. The van der Waals surface area contributed by atoms with Gasteiger partial charge in [-0.1, -0.05) is 22.0 Å². The molecule has 0 aliphatic heterocycles. The Labute approximate surface area is 136 Å². The van der Waals surface area contributed by atoms with E-state index in [1.165, 1.54) is 26.2 Å². The van der Waals surface area contributed by atoms with E-state index < -0.39 is 16.0 Å². The number of carbonyl (C=O) groups excluding carboxylic acids is 1. The lowest BCUT2D eigenvalue weighted by atomic mass is 10.2. The molecule has 0 aliphatic carbocycles. The van der Waals surface area contributed by atoms with Gasteiger partial charge in [0.25, 0.3) is 10.0 Å². The van der Waals surface area contributed by atoms with Crippen molar-refractivity contribution >= 4 is 31.9 Å². The molecule has 2 aromatic rings. The summed E-state index contributed by atoms with van der Waals surface area (Å²) in [6.45, 7) is -0.145. The maximum Gasteiger partial charge on any atom is 0.338 e. The van der Waals surface area contributed by atoms with Gasteiger partial charge in [0.1, 0.15) is 12.4 Å². The molecule has 0 aliphatic rings. The van der Waals surface area contributed by atoms with Gasteiger partial charge < -0.3 is 9.15 Å². The molecule has 0 amide bonds. The number of hydrogen-bond acceptors (Lipinski definition) is 5. The molecule has 1 aromatic heterocycles. The van der Waals surface area contributed by atoms with Crippen molar-refractivity contribution in [3.05, 3.63) is 52.2 Å². The Kier molecular flexibility index (Phi) is 5.05. The average molecular weight is 388 g/mol. The zero-order valence-electron chi connectivity index (χ0n) is 11.9. The molecule has 0 fully saturated rings. The molecule has 1 aromatic carbocycles. The molecule has 0 N–H and O–H groups in total. The van der Waals surface area contributed by atoms with Gasteiger partial charge in [-0.15, -0.1) is 0 Å². The van der Waals surface area contributed by atoms with Crippen molar-refractivity contribution in [1.29, 1.82) is 0 Å². The zero-order chi connectivity index (χ0) is 16.3. The number of halogens is 1. The predicted octanol–water partition coefficient (Wildman–Crippen LogP) is 2.65. The van der Waals surface area contributed by atoms with E-state index in [0.717, 1.165) is 8.78 Å². The van der Waals surface area contributed by atoms with Crippen LogP contribution in [0, 0.1) is 0 Å². The lowest BCUT2D eigenvalue weighted by molar-refractivity contribution is 0.0440. The van der Waals surface area contributed by atoms with E-state index in [1.54, 1.807) is 24.3 Å². The van der Waals surface area contributed by atoms with E-state index in [-0.39, 0.29) is 17.5 Å². The summed E-state index contributed by atoms with van der Waals surface area (Å²) in [5.41, 5.74) is 0.391. The van der Waals surface area contributed by atoms with Crippen molar-refractivity contribution in [3.8, 4) is 0 Å². The van der Waals surface area contributed by atoms with Crippen molar-refractivity contribution in [3.63, 3.8) is 0 Å². The SMILES string of the molecule is CN(C)S(=O)(=O)c1ccc(COC(=O)c2cccc(Br)c2)o1. The number of carbonyl (C=O) groups is 1. The largest absolute Gasteiger partial charge is 0.454 e. The number of nitrogens with zero attached hydrogens (tertiary/aromatic N) is 1. The molecule has 1 heterocycles. The molecule has 8 heteroatoms. The van der Waals surface area contributed by atoms with Gasteiger partial charge in [-0.3, -0.25) is 0 Å². The van der Waals surface area contributed by atoms with Gasteiger partial charge in [-0.2, -0.15) is 0 Å². The van der Waals surface area contributed by atoms with Gasteiger partial charge in [0.05, 0.1) is 5.56 Å². The molecular formula is C14H14BrNO5S. The maximum atomic E-state index is 11.9. The minimum atomic E-state index is -3.63. The molecule has 0 saturated heterocycles. The highest BCUT2D eigenvalue weighted by Crippen LogP contribution is 2.18. The Balaban J connectivity index is 2.04. The van der Waals surface area contributed by atoms with Gasteiger partial charge in [0.15, 0.2) is 0 Å². The molecule has 2 rings (SSSR count). The molecule has 0 saturated carbocycles. The molecule has 6 nitrogen and oxygen atoms in total. The van der Waals surface area contributed by atoms with Gasteiger partial charge in [0, 0.05) is 18.6 Å². The third-order valence-corrected chi connectivity index (χ3v) is 4.96. The lowest BCUT2D eigenvalue weighted by Gasteiger charge is -2.08. The van der Waals surface area contributed by atoms with Crippen LogP contribution < -0.4 is 0 Å². The average Bonchev–Trinajstić information content (AvgIpc) is 2.94. The van der Waals surface area contributed by atoms with Gasteiger partial charge in [-0.25, -0.2) is 17.5 Å². The Morgan fingerprint density at radius 1 is 1.27 bits per heavy atom. The van der Waals surface area contributed by atoms with Gasteiger partial charge in [0.2, 0.25) is 5.09 Å². The molecule has 0 atom stereocenters. The Bertz CT molecular complexity index is 782. The number of benzene rings is 1. The summed E-state index contributed by atoms with van der Waals surface area (Å²) in [5, 5.41) is -0.189. The van der Waals surface area contributed by atoms with Crippen LogP contribution in [0.4, 0.5) is 0 Å². The molecule has 0 radical (unpaired) electrons. The number of ether oxygens (including phenoxy) is 1. The molecule has 22 heavy (non-hydrogen) atoms. The van der Waals surface area contributed by atoms with Crippen molar-refractivity contribution < 1.29 is 22.4 Å². The molecule has 0 unspecified atom stereocenters. The monoisotopic (exact) mass is 387 g/mol. The fourth-order valence-corrected chi connectivity index (χ4v) is 2.80. The molecular weight excluding hydrogens is 374 g/mol. The van der Waals surface area contributed by atoms with Crippen LogP contribution in [-0.4, -0.2) is 32.8 Å². The summed E-state index contributed by atoms with van der Waals surface area (Å²) >= 11 is 3.27. The van der Waals surface area contributed by atoms with E-state index in [0.29, 0.717) is 5.56 Å². The molecule has 0 spiro atoms. The highest BCUT2D eigenvalue weighted by Gasteiger charge is 2.21. The fraction of sp³-hybridized carbons (Fsp3) is 0.214. The van der Waals surface area contributed by atoms with Gasteiger partial charge >= 0.3 is 5.97 Å². The lowest BCUT2D eigenvalue weighted by Crippen LogP contribution is -2.21. The first kappa shape index (κ1) is 16.7. The van der Waals surface area contributed by atoms with Crippen molar-refractivity contribution in [1.82, 2.24) is 4.31 Å². The third kappa shape index (κ3) is 3.76. The van der Waals surface area contributed by atoms with Crippen LogP contribution in [0.1, 0.15) is 16.1 Å². The first-order valence-corrected chi connectivity index (χ1v) is 8.48. The van der Waals surface area contributed by atoms with E-state index in [2.05, 4.69) is 15.9 Å². The topological polar surface area (TPSA) is 76.8 Å². The van der Waals surface area contributed by atoms with Crippen LogP contribution >= 0.6 is 15.9 Å². The van der Waals surface area contributed by atoms with Crippen LogP contribution in [0.25, 0.3) is 0 Å². The Morgan fingerprint density at radius 2 is 2.00 bits per heavy atom. The van der Waals surface area contributed by atoms with Crippen LogP contribution in [0.3, 0.4) is 0 Å². The quantitative estimate of drug-likeness (QED) is 0.736. The summed E-state index contributed by atoms with van der Waals surface area (Å²) in [4.78, 5) is 11.9. The van der Waals surface area contributed by atoms with Crippen LogP contribution in [-0.2, 0) is 21.4 Å². The number of furan rings is 1. The van der Waals surface area contributed by atoms with Crippen LogP contribution in [0.5, 0.6) is 0 Å². The summed E-state index contributed by atoms with van der Waals surface area (Å²) in [7, 11) is -0.817. The first-order chi connectivity index (χ1) is 10.3. The number of sulfonamides is 1. The third-order valence-electron chi connectivity index (χ3n) is 2.78. The smallest absolute Gasteiger partial charge is 0.338 e. The van der Waals surface area contributed by atoms with Crippen molar-refractivity contribution in [2.75, 3.05) is 14.1 Å². The van der Waals surface area contributed by atoms with Gasteiger partial charge in [-0.05, 0) is 30.3 Å². The number of hydrogen-bond donors (Lipinski definition) is 0. The number of esters is 1. The standard InChI is InChI=1S/C14H14BrNO5S/c1-16(2)22(18,19)13-7-6-12(21-13)9-20-14(17)10-4-3-5-11(15)8-10/h3-8H,9H2,1-2H3. The van der Waals surface area contributed by atoms with Crippen LogP contribution in [0.15, 0.2) is 50.4 Å². The molecule has 118 valence electrons. The summed E-state index contributed by atoms with van der Waals surface area (Å²) in [6, 6.07) is 9.56. The maximum absolute atomic E-state index is 11.9. The highest BCUT2D eigenvalue weighted by atomic mass is 79.9. The Hall–Kier alpha value is -1.64. The minimum absolute atomic E-state index is 0.145. The van der Waals surface area contributed by atoms with Crippen molar-refractivity contribution in [2.45, 2.75) is 11.7 Å². The fourth-order valence-electron chi connectivity index (χ4n) is 1.59. The summed E-state index contributed by atoms with van der Waals surface area (Å²) in [5.74, 6) is -0.265. The number of rotatable bonds is 5. The second-order valence-electron chi connectivity index (χ2n) is 4.59. The second-order valence-corrected chi connectivity index (χ2v) is 7.59. The van der Waals surface area contributed by atoms with E-state index >= 15 is 0 Å². The highest BCUT2D eigenvalue weighted by molar-refractivity contribution is 9.10. The van der Waals surface area contributed by atoms with E-state index in [4.69, 9.17) is 9.15 Å². The molecule has 0 bridgehead atoms. The Morgan fingerprint density at radius 3 is 2.64 bits per heavy atom.